The van der Waals surface area contributed by atoms with Crippen LogP contribution in [0.4, 0.5) is 0 Å². The first-order valence-electron chi connectivity index (χ1n) is 5.47. The van der Waals surface area contributed by atoms with Gasteiger partial charge < -0.3 is 0 Å². The van der Waals surface area contributed by atoms with Gasteiger partial charge in [0.1, 0.15) is 0 Å². The van der Waals surface area contributed by atoms with Gasteiger partial charge in [0.15, 0.2) is 0 Å². The van der Waals surface area contributed by atoms with E-state index in [4.69, 9.17) is 23.2 Å². The molecule has 0 aliphatic carbocycles. The summed E-state index contributed by atoms with van der Waals surface area (Å²) < 4.78 is 26.0. The summed E-state index contributed by atoms with van der Waals surface area (Å²) in [6.45, 7) is 0. The van der Waals surface area contributed by atoms with Crippen molar-refractivity contribution in [2.75, 3.05) is 0 Å². The van der Waals surface area contributed by atoms with E-state index in [9.17, 15) is 13.2 Å². The molecule has 0 aliphatic heterocycles. The number of carbonyl (C=O) groups is 1. The van der Waals surface area contributed by atoms with Gasteiger partial charge in [-0.15, -0.1) is 0 Å². The van der Waals surface area contributed by atoms with Crippen LogP contribution in [0.25, 0.3) is 0 Å². The molecule has 7 heteroatoms. The summed E-state index contributed by atoms with van der Waals surface area (Å²) in [6.07, 6.45) is 0. The molecule has 0 bridgehead atoms. The maximum atomic E-state index is 12.0. The van der Waals surface area contributed by atoms with Crippen LogP contribution in [0.15, 0.2) is 53.4 Å². The number of halogens is 2. The van der Waals surface area contributed by atoms with Gasteiger partial charge in [0.05, 0.1) is 4.90 Å². The van der Waals surface area contributed by atoms with E-state index < -0.39 is 15.9 Å². The van der Waals surface area contributed by atoms with Crippen LogP contribution < -0.4 is 4.72 Å². The lowest BCUT2D eigenvalue weighted by Gasteiger charge is -2.07. The third kappa shape index (κ3) is 3.50. The van der Waals surface area contributed by atoms with Gasteiger partial charge in [-0.05, 0) is 42.5 Å². The average molecular weight is 330 g/mol. The van der Waals surface area contributed by atoms with Crippen LogP contribution in [-0.2, 0) is 10.0 Å². The molecule has 20 heavy (non-hydrogen) atoms. The van der Waals surface area contributed by atoms with Gasteiger partial charge in [0.2, 0.25) is 0 Å². The van der Waals surface area contributed by atoms with E-state index in [2.05, 4.69) is 0 Å². The molecule has 0 fully saturated rings. The van der Waals surface area contributed by atoms with Crippen molar-refractivity contribution in [3.05, 3.63) is 64.1 Å². The third-order valence-corrected chi connectivity index (χ3v) is 4.27. The number of nitrogens with one attached hydrogen (secondary N) is 1. The minimum atomic E-state index is -3.94. The Morgan fingerprint density at radius 1 is 0.950 bits per heavy atom. The molecule has 0 aromatic heterocycles. The number of amides is 1. The minimum Gasteiger partial charge on any atom is -0.268 e. The molecule has 0 spiro atoms. The Morgan fingerprint density at radius 2 is 1.60 bits per heavy atom. The number of sulfonamides is 1. The van der Waals surface area contributed by atoms with Gasteiger partial charge in [-0.25, -0.2) is 13.1 Å². The van der Waals surface area contributed by atoms with Crippen molar-refractivity contribution in [3.63, 3.8) is 0 Å². The van der Waals surface area contributed by atoms with Crippen molar-refractivity contribution in [3.8, 4) is 0 Å². The second-order valence-electron chi connectivity index (χ2n) is 3.90. The fourth-order valence-corrected chi connectivity index (χ4v) is 2.77. The summed E-state index contributed by atoms with van der Waals surface area (Å²) >= 11 is 11.4. The van der Waals surface area contributed by atoms with Crippen molar-refractivity contribution in [2.24, 2.45) is 0 Å². The molecular weight excluding hydrogens is 321 g/mol. The lowest BCUT2D eigenvalue weighted by molar-refractivity contribution is 0.0981. The molecule has 0 unspecified atom stereocenters. The van der Waals surface area contributed by atoms with Crippen molar-refractivity contribution >= 4 is 39.1 Å². The van der Waals surface area contributed by atoms with E-state index >= 15 is 0 Å². The zero-order chi connectivity index (χ0) is 14.8. The maximum absolute atomic E-state index is 12.0. The molecule has 2 aromatic carbocycles. The predicted octanol–water partition coefficient (Wildman–Crippen LogP) is 3.11. The summed E-state index contributed by atoms with van der Waals surface area (Å²) in [5.41, 5.74) is 0.162. The Kier molecular flexibility index (Phi) is 4.32. The maximum Gasteiger partial charge on any atom is 0.265 e. The van der Waals surface area contributed by atoms with Crippen LogP contribution in [-0.4, -0.2) is 14.3 Å². The van der Waals surface area contributed by atoms with Crippen molar-refractivity contribution in [1.82, 2.24) is 4.72 Å². The molecule has 0 heterocycles. The molecule has 1 N–H and O–H groups in total. The molecular formula is C13H9Cl2NO3S. The topological polar surface area (TPSA) is 63.2 Å². The van der Waals surface area contributed by atoms with Gasteiger partial charge in [-0.1, -0.05) is 29.3 Å². The molecule has 0 saturated heterocycles. The Morgan fingerprint density at radius 3 is 2.20 bits per heavy atom. The predicted molar refractivity (Wildman–Crippen MR) is 77.6 cm³/mol. The number of hydrogen-bond donors (Lipinski definition) is 1. The van der Waals surface area contributed by atoms with E-state index in [1.807, 2.05) is 4.72 Å². The van der Waals surface area contributed by atoms with Crippen LogP contribution in [0, 0.1) is 0 Å². The van der Waals surface area contributed by atoms with Crippen LogP contribution in [0.3, 0.4) is 0 Å². The Labute approximate surface area is 126 Å². The zero-order valence-corrected chi connectivity index (χ0v) is 12.3. The van der Waals surface area contributed by atoms with E-state index in [1.54, 1.807) is 12.1 Å². The summed E-state index contributed by atoms with van der Waals surface area (Å²) in [6, 6.07) is 11.5. The summed E-state index contributed by atoms with van der Waals surface area (Å²) in [5, 5.41) is 0.756. The van der Waals surface area contributed by atoms with E-state index in [-0.39, 0.29) is 10.5 Å². The molecule has 0 aliphatic rings. The molecule has 2 aromatic rings. The fraction of sp³-hybridized carbons (Fsp3) is 0. The monoisotopic (exact) mass is 329 g/mol. The third-order valence-electron chi connectivity index (χ3n) is 2.44. The summed E-state index contributed by atoms with van der Waals surface area (Å²) in [5.74, 6) is -0.748. The molecule has 0 atom stereocenters. The van der Waals surface area contributed by atoms with Crippen LogP contribution in [0.1, 0.15) is 10.4 Å². The second kappa shape index (κ2) is 5.83. The first kappa shape index (κ1) is 14.8. The van der Waals surface area contributed by atoms with Crippen molar-refractivity contribution in [1.29, 1.82) is 0 Å². The van der Waals surface area contributed by atoms with E-state index in [1.165, 1.54) is 36.4 Å². The first-order chi connectivity index (χ1) is 9.38. The average Bonchev–Trinajstić information content (AvgIpc) is 2.38. The van der Waals surface area contributed by atoms with E-state index in [0.29, 0.717) is 10.0 Å². The number of rotatable bonds is 3. The molecule has 0 saturated carbocycles. The van der Waals surface area contributed by atoms with Gasteiger partial charge in [0.25, 0.3) is 15.9 Å². The molecule has 1 amide bonds. The van der Waals surface area contributed by atoms with Crippen LogP contribution >= 0.6 is 23.2 Å². The minimum absolute atomic E-state index is 0.0442. The van der Waals surface area contributed by atoms with E-state index in [0.717, 1.165) is 0 Å². The summed E-state index contributed by atoms with van der Waals surface area (Å²) in [7, 11) is -3.94. The first-order valence-corrected chi connectivity index (χ1v) is 7.71. The van der Waals surface area contributed by atoms with Gasteiger partial charge in [-0.3, -0.25) is 4.79 Å². The smallest absolute Gasteiger partial charge is 0.265 e. The number of hydrogen-bond acceptors (Lipinski definition) is 3. The highest BCUT2D eigenvalue weighted by atomic mass is 35.5. The summed E-state index contributed by atoms with van der Waals surface area (Å²) in [4.78, 5) is 11.8. The SMILES string of the molecule is O=C(NS(=O)(=O)c1ccc(Cl)cc1)c1cccc(Cl)c1. The zero-order valence-electron chi connectivity index (χ0n) is 10.0. The Balaban J connectivity index is 2.24. The number of benzene rings is 2. The Hall–Kier alpha value is -1.56. The normalized spacial score (nSPS) is 11.1. The fourth-order valence-electron chi connectivity index (χ4n) is 1.48. The highest BCUT2D eigenvalue weighted by Crippen LogP contribution is 2.15. The molecule has 0 radical (unpaired) electrons. The van der Waals surface area contributed by atoms with Crippen molar-refractivity contribution < 1.29 is 13.2 Å². The molecule has 2 rings (SSSR count). The van der Waals surface area contributed by atoms with Gasteiger partial charge in [0, 0.05) is 15.6 Å². The Bertz CT molecular complexity index is 742. The number of carbonyl (C=O) groups excluding carboxylic acids is 1. The van der Waals surface area contributed by atoms with Crippen molar-refractivity contribution in [2.45, 2.75) is 4.90 Å². The van der Waals surface area contributed by atoms with Crippen LogP contribution in [0.5, 0.6) is 0 Å². The largest absolute Gasteiger partial charge is 0.268 e. The second-order valence-corrected chi connectivity index (χ2v) is 6.45. The van der Waals surface area contributed by atoms with Crippen LogP contribution in [0.2, 0.25) is 10.0 Å². The van der Waals surface area contributed by atoms with Gasteiger partial charge in [-0.2, -0.15) is 0 Å². The molecule has 4 nitrogen and oxygen atoms in total. The van der Waals surface area contributed by atoms with Gasteiger partial charge >= 0.3 is 0 Å². The molecule has 104 valence electrons. The lowest BCUT2D eigenvalue weighted by atomic mass is 10.2. The standard InChI is InChI=1S/C13H9Cl2NO3S/c14-10-4-6-12(7-5-10)20(18,19)16-13(17)9-2-1-3-11(15)8-9/h1-8H,(H,16,17). The lowest BCUT2D eigenvalue weighted by Crippen LogP contribution is -2.30. The highest BCUT2D eigenvalue weighted by Gasteiger charge is 2.18. The quantitative estimate of drug-likeness (QED) is 0.940. The highest BCUT2D eigenvalue weighted by molar-refractivity contribution is 7.90.